The van der Waals surface area contributed by atoms with Gasteiger partial charge < -0.3 is 9.53 Å². The molecule has 1 saturated carbocycles. The molecule has 27 heavy (non-hydrogen) atoms. The van der Waals surface area contributed by atoms with Crippen molar-refractivity contribution in [2.75, 3.05) is 6.61 Å². The summed E-state index contributed by atoms with van der Waals surface area (Å²) in [4.78, 5) is 14.3. The molecule has 1 aliphatic rings. The Labute approximate surface area is 175 Å². The molecule has 0 bridgehead atoms. The van der Waals surface area contributed by atoms with Crippen LogP contribution in [-0.2, 0) is 9.22 Å². The maximum Gasteiger partial charge on any atom is 0.191 e. The van der Waals surface area contributed by atoms with E-state index >= 15 is 0 Å². The molecule has 5 heteroatoms. The van der Waals surface area contributed by atoms with Gasteiger partial charge in [-0.1, -0.05) is 49.7 Å². The SMILES string of the molecule is CC(C)(O)[C@@H]1CC[C@@](C)(/C=C/C(=O)CCCO[Si](C)(C)C(C)(C)C)/C1=C/Br. The summed E-state index contributed by atoms with van der Waals surface area (Å²) in [6.07, 6.45) is 6.91. The molecule has 3 nitrogen and oxygen atoms in total. The highest BCUT2D eigenvalue weighted by Crippen LogP contribution is 2.51. The Morgan fingerprint density at radius 3 is 2.41 bits per heavy atom. The largest absolute Gasteiger partial charge is 0.417 e. The topological polar surface area (TPSA) is 46.5 Å². The molecule has 2 atom stereocenters. The van der Waals surface area contributed by atoms with E-state index in [0.29, 0.717) is 13.0 Å². The van der Waals surface area contributed by atoms with Crippen LogP contribution in [-0.4, -0.2) is 31.4 Å². The third kappa shape index (κ3) is 6.65. The van der Waals surface area contributed by atoms with Gasteiger partial charge in [0.25, 0.3) is 0 Å². The third-order valence-corrected chi connectivity index (χ3v) is 11.5. The summed E-state index contributed by atoms with van der Waals surface area (Å²) < 4.78 is 6.15. The number of allylic oxidation sites excluding steroid dienone is 2. The van der Waals surface area contributed by atoms with Gasteiger partial charge in [-0.05, 0) is 67.9 Å². The molecule has 1 N–H and O–H groups in total. The van der Waals surface area contributed by atoms with Gasteiger partial charge in [0.1, 0.15) is 0 Å². The van der Waals surface area contributed by atoms with Gasteiger partial charge in [0.05, 0.1) is 5.60 Å². The standard InChI is InChI=1S/C22H39BrO3Si/c1-20(2,3)27(7,8)26-15-9-10-17(24)11-13-22(6)14-12-18(19(22)16-23)21(4,5)25/h11,13,16,18,25H,9-10,12,14-15H2,1-8H3/b13-11+,19-16+/t18-,22-/m1/s1. The van der Waals surface area contributed by atoms with Crippen molar-refractivity contribution in [1.29, 1.82) is 0 Å². The van der Waals surface area contributed by atoms with E-state index in [1.54, 1.807) is 6.08 Å². The van der Waals surface area contributed by atoms with E-state index in [4.69, 9.17) is 4.43 Å². The molecule has 0 aromatic carbocycles. The van der Waals surface area contributed by atoms with Crippen LogP contribution in [0.1, 0.15) is 67.2 Å². The van der Waals surface area contributed by atoms with Crippen molar-refractivity contribution in [2.24, 2.45) is 11.3 Å². The van der Waals surface area contributed by atoms with Crippen molar-refractivity contribution in [2.45, 2.75) is 91.0 Å². The predicted molar refractivity (Wildman–Crippen MR) is 121 cm³/mol. The Bertz CT molecular complexity index is 581. The first kappa shape index (κ1) is 24.8. The summed E-state index contributed by atoms with van der Waals surface area (Å²) in [6, 6.07) is 0. The number of carbonyl (C=O) groups excluding carboxylic acids is 1. The first-order valence-electron chi connectivity index (χ1n) is 10.0. The minimum atomic E-state index is -1.73. The molecule has 156 valence electrons. The van der Waals surface area contributed by atoms with Crippen LogP contribution >= 0.6 is 15.9 Å². The Balaban J connectivity index is 2.59. The highest BCUT2D eigenvalue weighted by Gasteiger charge is 2.44. The van der Waals surface area contributed by atoms with Gasteiger partial charge in [-0.2, -0.15) is 0 Å². The molecule has 0 heterocycles. The summed E-state index contributed by atoms with van der Waals surface area (Å²) >= 11 is 3.47. The minimum absolute atomic E-state index is 0.111. The molecule has 0 aliphatic heterocycles. The fourth-order valence-electron chi connectivity index (χ4n) is 3.41. The lowest BCUT2D eigenvalue weighted by molar-refractivity contribution is -0.114. The number of hydrogen-bond donors (Lipinski definition) is 1. The van der Waals surface area contributed by atoms with Crippen molar-refractivity contribution in [3.8, 4) is 0 Å². The number of halogens is 1. The minimum Gasteiger partial charge on any atom is -0.417 e. The van der Waals surface area contributed by atoms with Gasteiger partial charge in [0.2, 0.25) is 0 Å². The fourth-order valence-corrected chi connectivity index (χ4v) is 5.34. The van der Waals surface area contributed by atoms with Crippen LogP contribution in [0.25, 0.3) is 0 Å². The van der Waals surface area contributed by atoms with Crippen LogP contribution in [0.15, 0.2) is 22.7 Å². The first-order valence-corrected chi connectivity index (χ1v) is 13.9. The molecule has 0 aromatic rings. The summed E-state index contributed by atoms with van der Waals surface area (Å²) in [5.74, 6) is 0.260. The quantitative estimate of drug-likeness (QED) is 0.260. The molecule has 0 saturated heterocycles. The van der Waals surface area contributed by atoms with Gasteiger partial charge in [-0.3, -0.25) is 4.79 Å². The number of ketones is 1. The van der Waals surface area contributed by atoms with E-state index in [-0.39, 0.29) is 22.2 Å². The Hall–Kier alpha value is -0.233. The van der Waals surface area contributed by atoms with Crippen LogP contribution in [0.3, 0.4) is 0 Å². The monoisotopic (exact) mass is 458 g/mol. The summed E-state index contributed by atoms with van der Waals surface area (Å²) in [5, 5.41) is 10.6. The maximum absolute atomic E-state index is 12.3. The molecule has 0 unspecified atom stereocenters. The second-order valence-electron chi connectivity index (χ2n) is 10.2. The molecular formula is C22H39BrO3Si. The van der Waals surface area contributed by atoms with Gasteiger partial charge in [-0.25, -0.2) is 0 Å². The molecule has 1 rings (SSSR count). The molecule has 0 spiro atoms. The van der Waals surface area contributed by atoms with Crippen molar-refractivity contribution in [3.63, 3.8) is 0 Å². The lowest BCUT2D eigenvalue weighted by atomic mass is 9.78. The summed E-state index contributed by atoms with van der Waals surface area (Å²) in [6.45, 7) is 17.7. The lowest BCUT2D eigenvalue weighted by Crippen LogP contribution is -2.41. The lowest BCUT2D eigenvalue weighted by Gasteiger charge is -2.36. The van der Waals surface area contributed by atoms with E-state index in [9.17, 15) is 9.90 Å². The van der Waals surface area contributed by atoms with Crippen LogP contribution < -0.4 is 0 Å². The van der Waals surface area contributed by atoms with Crippen LogP contribution in [0.2, 0.25) is 18.1 Å². The molecule has 1 aliphatic carbocycles. The van der Waals surface area contributed by atoms with Crippen LogP contribution in [0.4, 0.5) is 0 Å². The number of carbonyl (C=O) groups is 1. The van der Waals surface area contributed by atoms with Crippen LogP contribution in [0, 0.1) is 11.3 Å². The zero-order valence-corrected chi connectivity index (χ0v) is 21.1. The molecule has 0 aromatic heterocycles. The van der Waals surface area contributed by atoms with E-state index < -0.39 is 13.9 Å². The highest BCUT2D eigenvalue weighted by atomic mass is 79.9. The zero-order chi connectivity index (χ0) is 21.1. The smallest absolute Gasteiger partial charge is 0.191 e. The Morgan fingerprint density at radius 1 is 1.33 bits per heavy atom. The third-order valence-electron chi connectivity index (χ3n) is 6.43. The molecule has 0 radical (unpaired) electrons. The number of aliphatic hydroxyl groups is 1. The fraction of sp³-hybridized carbons (Fsp3) is 0.773. The average Bonchev–Trinajstić information content (AvgIpc) is 2.85. The van der Waals surface area contributed by atoms with E-state index in [2.05, 4.69) is 56.7 Å². The normalized spacial score (nSPS) is 26.3. The second kappa shape index (κ2) is 9.06. The van der Waals surface area contributed by atoms with Gasteiger partial charge in [0.15, 0.2) is 14.1 Å². The van der Waals surface area contributed by atoms with Gasteiger partial charge >= 0.3 is 0 Å². The molecular weight excluding hydrogens is 420 g/mol. The summed E-state index contributed by atoms with van der Waals surface area (Å²) in [7, 11) is -1.73. The van der Waals surface area contributed by atoms with E-state index in [1.165, 1.54) is 5.57 Å². The van der Waals surface area contributed by atoms with Crippen molar-refractivity contribution < 1.29 is 14.3 Å². The highest BCUT2D eigenvalue weighted by molar-refractivity contribution is 9.11. The van der Waals surface area contributed by atoms with Gasteiger partial charge in [0, 0.05) is 24.4 Å². The van der Waals surface area contributed by atoms with Crippen molar-refractivity contribution in [3.05, 3.63) is 22.7 Å². The second-order valence-corrected chi connectivity index (χ2v) is 15.5. The van der Waals surface area contributed by atoms with Crippen molar-refractivity contribution >= 4 is 30.0 Å². The van der Waals surface area contributed by atoms with Gasteiger partial charge in [-0.15, -0.1) is 0 Å². The zero-order valence-electron chi connectivity index (χ0n) is 18.5. The number of rotatable bonds is 8. The predicted octanol–water partition coefficient (Wildman–Crippen LogP) is 6.38. The van der Waals surface area contributed by atoms with E-state index in [0.717, 1.165) is 19.3 Å². The molecule has 0 amide bonds. The number of hydrogen-bond acceptors (Lipinski definition) is 3. The average molecular weight is 460 g/mol. The van der Waals surface area contributed by atoms with Crippen molar-refractivity contribution in [1.82, 2.24) is 0 Å². The Morgan fingerprint density at radius 2 is 1.93 bits per heavy atom. The first-order chi connectivity index (χ1) is 12.1. The van der Waals surface area contributed by atoms with Crippen LogP contribution in [0.5, 0.6) is 0 Å². The molecule has 1 fully saturated rings. The maximum atomic E-state index is 12.3. The van der Waals surface area contributed by atoms with E-state index in [1.807, 2.05) is 24.9 Å². The Kier molecular flexibility index (Phi) is 8.32. The summed E-state index contributed by atoms with van der Waals surface area (Å²) in [5.41, 5.74) is 0.234.